The van der Waals surface area contributed by atoms with Gasteiger partial charge in [0, 0.05) is 6.42 Å². The number of halogens is 3. The van der Waals surface area contributed by atoms with E-state index in [1.54, 1.807) is 7.05 Å². The normalized spacial score (nSPS) is 31.1. The van der Waals surface area contributed by atoms with Gasteiger partial charge < -0.3 is 10.1 Å². The Hall–Kier alpha value is -0.800. The molecule has 0 heterocycles. The fourth-order valence-corrected chi connectivity index (χ4v) is 1.96. The standard InChI is InChI=1S/C10H15F3N2O/c1-15-9(6-14)4-2-3-8(5-9)16-7-10(11,12)13/h8,15H,2-5,7H2,1H3. The highest BCUT2D eigenvalue weighted by atomic mass is 19.4. The van der Waals surface area contributed by atoms with Crippen LogP contribution in [-0.2, 0) is 4.74 Å². The molecule has 1 fully saturated rings. The minimum atomic E-state index is -4.30. The van der Waals surface area contributed by atoms with Crippen LogP contribution in [0.1, 0.15) is 25.7 Å². The van der Waals surface area contributed by atoms with Crippen LogP contribution < -0.4 is 5.32 Å². The molecule has 1 rings (SSSR count). The van der Waals surface area contributed by atoms with Crippen LogP contribution >= 0.6 is 0 Å². The molecular weight excluding hydrogens is 221 g/mol. The summed E-state index contributed by atoms with van der Waals surface area (Å²) in [6, 6.07) is 2.12. The van der Waals surface area contributed by atoms with Gasteiger partial charge in [-0.3, -0.25) is 0 Å². The quantitative estimate of drug-likeness (QED) is 0.815. The van der Waals surface area contributed by atoms with Crippen molar-refractivity contribution in [1.82, 2.24) is 5.32 Å². The zero-order valence-electron chi connectivity index (χ0n) is 9.10. The fourth-order valence-electron chi connectivity index (χ4n) is 1.96. The van der Waals surface area contributed by atoms with Gasteiger partial charge in [0.05, 0.1) is 12.2 Å². The predicted octanol–water partition coefficient (Wildman–Crippen LogP) is 1.99. The van der Waals surface area contributed by atoms with E-state index in [0.29, 0.717) is 25.7 Å². The van der Waals surface area contributed by atoms with E-state index in [-0.39, 0.29) is 0 Å². The SMILES string of the molecule is CNC1(C#N)CCCC(OCC(F)(F)F)C1. The Balaban J connectivity index is 2.48. The van der Waals surface area contributed by atoms with E-state index < -0.39 is 24.4 Å². The first kappa shape index (κ1) is 13.3. The second-order valence-corrected chi connectivity index (χ2v) is 4.09. The second kappa shape index (κ2) is 5.02. The molecule has 0 aromatic carbocycles. The maximum atomic E-state index is 12.0. The molecule has 1 N–H and O–H groups in total. The summed E-state index contributed by atoms with van der Waals surface area (Å²) in [6.07, 6.45) is -2.52. The molecule has 0 aliphatic heterocycles. The monoisotopic (exact) mass is 236 g/mol. The highest BCUT2D eigenvalue weighted by molar-refractivity contribution is 5.09. The van der Waals surface area contributed by atoms with Crippen LogP contribution in [0, 0.1) is 11.3 Å². The van der Waals surface area contributed by atoms with Crippen molar-refractivity contribution in [2.75, 3.05) is 13.7 Å². The van der Waals surface area contributed by atoms with E-state index in [0.717, 1.165) is 0 Å². The topological polar surface area (TPSA) is 45.0 Å². The second-order valence-electron chi connectivity index (χ2n) is 4.09. The Morgan fingerprint density at radius 1 is 1.56 bits per heavy atom. The lowest BCUT2D eigenvalue weighted by Crippen LogP contribution is -2.47. The van der Waals surface area contributed by atoms with E-state index in [4.69, 9.17) is 10.00 Å². The molecule has 1 aliphatic carbocycles. The van der Waals surface area contributed by atoms with Gasteiger partial charge in [0.1, 0.15) is 12.1 Å². The van der Waals surface area contributed by atoms with Gasteiger partial charge in [-0.2, -0.15) is 18.4 Å². The van der Waals surface area contributed by atoms with Crippen LogP contribution in [0.15, 0.2) is 0 Å². The molecule has 16 heavy (non-hydrogen) atoms. The smallest absolute Gasteiger partial charge is 0.369 e. The largest absolute Gasteiger partial charge is 0.411 e. The average molecular weight is 236 g/mol. The summed E-state index contributed by atoms with van der Waals surface area (Å²) in [5.41, 5.74) is -0.728. The molecule has 0 radical (unpaired) electrons. The van der Waals surface area contributed by atoms with Gasteiger partial charge in [-0.05, 0) is 26.3 Å². The highest BCUT2D eigenvalue weighted by Crippen LogP contribution is 2.30. The van der Waals surface area contributed by atoms with Crippen LogP contribution in [0.25, 0.3) is 0 Å². The maximum Gasteiger partial charge on any atom is 0.411 e. The lowest BCUT2D eigenvalue weighted by atomic mass is 9.81. The van der Waals surface area contributed by atoms with Gasteiger partial charge in [-0.15, -0.1) is 0 Å². The molecule has 3 nitrogen and oxygen atoms in total. The van der Waals surface area contributed by atoms with Gasteiger partial charge in [0.2, 0.25) is 0 Å². The first-order valence-corrected chi connectivity index (χ1v) is 5.19. The molecule has 1 aliphatic rings. The van der Waals surface area contributed by atoms with Crippen LogP contribution in [-0.4, -0.2) is 31.5 Å². The fraction of sp³-hybridized carbons (Fsp3) is 0.900. The summed E-state index contributed by atoms with van der Waals surface area (Å²) < 4.78 is 40.7. The molecule has 0 aromatic rings. The van der Waals surface area contributed by atoms with Crippen molar-refractivity contribution in [1.29, 1.82) is 5.26 Å². The maximum absolute atomic E-state index is 12.0. The van der Waals surface area contributed by atoms with E-state index in [1.807, 2.05) is 0 Å². The van der Waals surface area contributed by atoms with Crippen molar-refractivity contribution in [3.05, 3.63) is 0 Å². The number of ether oxygens (including phenoxy) is 1. The summed E-state index contributed by atoms with van der Waals surface area (Å²) in [5.74, 6) is 0. The van der Waals surface area contributed by atoms with Gasteiger partial charge in [-0.1, -0.05) is 0 Å². The molecule has 0 amide bonds. The van der Waals surface area contributed by atoms with E-state index in [1.165, 1.54) is 0 Å². The molecule has 2 unspecified atom stereocenters. The minimum Gasteiger partial charge on any atom is -0.369 e. The van der Waals surface area contributed by atoms with Crippen molar-refractivity contribution >= 4 is 0 Å². The number of nitriles is 1. The lowest BCUT2D eigenvalue weighted by Gasteiger charge is -2.35. The Morgan fingerprint density at radius 3 is 2.75 bits per heavy atom. The molecule has 92 valence electrons. The summed E-state index contributed by atoms with van der Waals surface area (Å²) in [6.45, 7) is -1.23. The third kappa shape index (κ3) is 3.65. The number of alkyl halides is 3. The van der Waals surface area contributed by atoms with Gasteiger partial charge >= 0.3 is 6.18 Å². The predicted molar refractivity (Wildman–Crippen MR) is 51.7 cm³/mol. The van der Waals surface area contributed by atoms with Crippen molar-refractivity contribution in [3.8, 4) is 6.07 Å². The highest BCUT2D eigenvalue weighted by Gasteiger charge is 2.37. The Bertz CT molecular complexity index is 274. The number of rotatable bonds is 3. The number of nitrogens with one attached hydrogen (secondary N) is 1. The molecule has 0 spiro atoms. The molecule has 0 aromatic heterocycles. The lowest BCUT2D eigenvalue weighted by molar-refractivity contribution is -0.189. The summed E-state index contributed by atoms with van der Waals surface area (Å²) in [5, 5.41) is 11.9. The van der Waals surface area contributed by atoms with Crippen LogP contribution in [0.2, 0.25) is 0 Å². The number of hydrogen-bond acceptors (Lipinski definition) is 3. The zero-order valence-corrected chi connectivity index (χ0v) is 9.10. The molecule has 1 saturated carbocycles. The molecule has 2 atom stereocenters. The molecular formula is C10H15F3N2O. The van der Waals surface area contributed by atoms with Crippen molar-refractivity contribution < 1.29 is 17.9 Å². The molecule has 6 heteroatoms. The summed E-state index contributed by atoms with van der Waals surface area (Å²) in [7, 11) is 1.65. The van der Waals surface area contributed by atoms with Gasteiger partial charge in [0.25, 0.3) is 0 Å². The van der Waals surface area contributed by atoms with Crippen molar-refractivity contribution in [2.24, 2.45) is 0 Å². The Kier molecular flexibility index (Phi) is 4.16. The minimum absolute atomic E-state index is 0.316. The first-order valence-electron chi connectivity index (χ1n) is 5.19. The van der Waals surface area contributed by atoms with E-state index >= 15 is 0 Å². The number of hydrogen-bond donors (Lipinski definition) is 1. The van der Waals surface area contributed by atoms with Crippen LogP contribution in [0.3, 0.4) is 0 Å². The van der Waals surface area contributed by atoms with Crippen LogP contribution in [0.5, 0.6) is 0 Å². The summed E-state index contributed by atoms with van der Waals surface area (Å²) >= 11 is 0. The Morgan fingerprint density at radius 2 is 2.25 bits per heavy atom. The Labute approximate surface area is 92.6 Å². The van der Waals surface area contributed by atoms with Gasteiger partial charge in [-0.25, -0.2) is 0 Å². The van der Waals surface area contributed by atoms with Crippen LogP contribution in [0.4, 0.5) is 13.2 Å². The first-order chi connectivity index (χ1) is 7.41. The van der Waals surface area contributed by atoms with Crippen molar-refractivity contribution in [2.45, 2.75) is 43.5 Å². The van der Waals surface area contributed by atoms with Crippen molar-refractivity contribution in [3.63, 3.8) is 0 Å². The summed E-state index contributed by atoms with van der Waals surface area (Å²) in [4.78, 5) is 0. The molecule has 0 bridgehead atoms. The third-order valence-electron chi connectivity index (χ3n) is 2.88. The van der Waals surface area contributed by atoms with Gasteiger partial charge in [0.15, 0.2) is 0 Å². The third-order valence-corrected chi connectivity index (χ3v) is 2.88. The van der Waals surface area contributed by atoms with E-state index in [2.05, 4.69) is 11.4 Å². The average Bonchev–Trinajstić information content (AvgIpc) is 2.26. The zero-order chi connectivity index (χ0) is 12.2. The molecule has 0 saturated heterocycles. The number of nitrogens with zero attached hydrogens (tertiary/aromatic N) is 1. The van der Waals surface area contributed by atoms with E-state index in [9.17, 15) is 13.2 Å².